The quantitative estimate of drug-likeness (QED) is 0.663. The third-order valence-electron chi connectivity index (χ3n) is 4.66. The van der Waals surface area contributed by atoms with Crippen LogP contribution in [0.5, 0.6) is 0 Å². The molecule has 3 rings (SSSR count). The molecule has 1 atom stereocenters. The van der Waals surface area contributed by atoms with E-state index in [9.17, 15) is 5.11 Å². The second-order valence-electron chi connectivity index (χ2n) is 6.64. The number of hydrogen-bond donors (Lipinski definition) is 1. The molecule has 1 N–H and O–H groups in total. The fourth-order valence-electron chi connectivity index (χ4n) is 3.39. The fraction of sp³-hybridized carbons (Fsp3) is 0.182. The minimum absolute atomic E-state index is 0.536. The van der Waals surface area contributed by atoms with Crippen LogP contribution in [0.3, 0.4) is 0 Å². The Morgan fingerprint density at radius 2 is 1.24 bits per heavy atom. The summed E-state index contributed by atoms with van der Waals surface area (Å²) in [5.41, 5.74) is 1.91. The molecule has 0 aliphatic carbocycles. The summed E-state index contributed by atoms with van der Waals surface area (Å²) < 4.78 is 0. The van der Waals surface area contributed by atoms with Gasteiger partial charge in [0.2, 0.25) is 0 Å². The maximum Gasteiger partial charge on any atom is 0.119 e. The third-order valence-corrected chi connectivity index (χ3v) is 8.22. The number of aryl methyl sites for hydroxylation is 1. The molecule has 0 amide bonds. The molecule has 0 heterocycles. The number of rotatable bonds is 5. The Morgan fingerprint density at radius 3 is 1.72 bits per heavy atom. The zero-order valence-corrected chi connectivity index (χ0v) is 16.3. The number of hydrogen-bond acceptors (Lipinski definition) is 2. The summed E-state index contributed by atoms with van der Waals surface area (Å²) >= 11 is 6.10. The molecule has 0 aromatic heterocycles. The van der Waals surface area contributed by atoms with Gasteiger partial charge in [-0.15, -0.1) is 0 Å². The molecule has 0 saturated heterocycles. The molecule has 1 nitrogen and oxygen atoms in total. The smallest absolute Gasteiger partial charge is 0.119 e. The Hall–Kier alpha value is -1.73. The zero-order valence-electron chi connectivity index (χ0n) is 14.6. The first kappa shape index (κ1) is 18.1. The topological polar surface area (TPSA) is 20.2 Å². The van der Waals surface area contributed by atoms with Crippen LogP contribution in [0.4, 0.5) is 0 Å². The lowest BCUT2D eigenvalue weighted by Gasteiger charge is -2.34. The van der Waals surface area contributed by atoms with Crippen LogP contribution in [-0.2, 0) is 17.4 Å². The summed E-state index contributed by atoms with van der Waals surface area (Å²) in [5.74, 6) is 0. The normalized spacial score (nSPS) is 14.0. The average molecular weight is 366 g/mol. The molecule has 128 valence electrons. The Kier molecular flexibility index (Phi) is 5.24. The van der Waals surface area contributed by atoms with E-state index in [-0.39, 0.29) is 0 Å². The Balaban J connectivity index is 2.11. The van der Waals surface area contributed by atoms with Crippen molar-refractivity contribution >= 4 is 23.1 Å². The highest BCUT2D eigenvalue weighted by molar-refractivity contribution is 8.18. The highest BCUT2D eigenvalue weighted by Gasteiger charge is 2.36. The van der Waals surface area contributed by atoms with Crippen LogP contribution < -0.4 is 5.30 Å². The lowest BCUT2D eigenvalue weighted by molar-refractivity contribution is 0.106. The molecule has 0 fully saturated rings. The predicted molar refractivity (Wildman–Crippen MR) is 112 cm³/mol. The van der Waals surface area contributed by atoms with Gasteiger partial charge in [-0.1, -0.05) is 96.7 Å². The molecule has 0 bridgehead atoms. The molecule has 25 heavy (non-hydrogen) atoms. The fourth-order valence-corrected chi connectivity index (χ4v) is 7.20. The van der Waals surface area contributed by atoms with Gasteiger partial charge in [0.05, 0.1) is 0 Å². The first-order valence-electron chi connectivity index (χ1n) is 8.40. The predicted octanol–water partition coefficient (Wildman–Crippen LogP) is 4.67. The van der Waals surface area contributed by atoms with Crippen LogP contribution in [0.2, 0.25) is 0 Å². The highest BCUT2D eigenvalue weighted by Crippen LogP contribution is 2.49. The van der Waals surface area contributed by atoms with E-state index in [0.29, 0.717) is 6.16 Å². The third kappa shape index (κ3) is 3.77. The monoisotopic (exact) mass is 366 g/mol. The van der Waals surface area contributed by atoms with Crippen molar-refractivity contribution in [3.63, 3.8) is 0 Å². The summed E-state index contributed by atoms with van der Waals surface area (Å²) in [7, 11) is 0. The molecule has 1 unspecified atom stereocenters. The van der Waals surface area contributed by atoms with E-state index in [1.165, 1.54) is 10.9 Å². The SMILES string of the molecule is Cc1ccccc1P(C)(=S)CC(O)(c1ccccc1)c1ccccc1. The van der Waals surface area contributed by atoms with Crippen molar-refractivity contribution in [1.82, 2.24) is 0 Å². The van der Waals surface area contributed by atoms with Crippen molar-refractivity contribution in [2.24, 2.45) is 0 Å². The van der Waals surface area contributed by atoms with E-state index in [1.807, 2.05) is 72.8 Å². The van der Waals surface area contributed by atoms with Crippen molar-refractivity contribution < 1.29 is 5.11 Å². The maximum atomic E-state index is 11.8. The molecular weight excluding hydrogens is 343 g/mol. The Bertz CT molecular complexity index is 851. The van der Waals surface area contributed by atoms with Gasteiger partial charge < -0.3 is 5.11 Å². The van der Waals surface area contributed by atoms with E-state index in [0.717, 1.165) is 11.1 Å². The zero-order chi connectivity index (χ0) is 17.9. The molecular formula is C22H23OPS. The van der Waals surface area contributed by atoms with Gasteiger partial charge in [-0.2, -0.15) is 0 Å². The van der Waals surface area contributed by atoms with Crippen molar-refractivity contribution in [2.75, 3.05) is 12.8 Å². The van der Waals surface area contributed by atoms with Crippen LogP contribution in [0, 0.1) is 6.92 Å². The van der Waals surface area contributed by atoms with Crippen molar-refractivity contribution in [3.05, 3.63) is 102 Å². The molecule has 0 radical (unpaired) electrons. The summed E-state index contributed by atoms with van der Waals surface area (Å²) in [6.45, 7) is 4.24. The van der Waals surface area contributed by atoms with Crippen LogP contribution in [0.1, 0.15) is 16.7 Å². The minimum Gasteiger partial charge on any atom is -0.380 e. The van der Waals surface area contributed by atoms with E-state index < -0.39 is 11.6 Å². The largest absolute Gasteiger partial charge is 0.380 e. The molecule has 0 saturated carbocycles. The molecule has 0 aliphatic heterocycles. The van der Waals surface area contributed by atoms with Gasteiger partial charge in [0.25, 0.3) is 0 Å². The van der Waals surface area contributed by atoms with Crippen LogP contribution in [0.15, 0.2) is 84.9 Å². The summed E-state index contributed by atoms with van der Waals surface area (Å²) in [6.07, 6.45) is 0.536. The van der Waals surface area contributed by atoms with Crippen LogP contribution in [0.25, 0.3) is 0 Å². The van der Waals surface area contributed by atoms with E-state index in [2.05, 4.69) is 25.7 Å². The van der Waals surface area contributed by atoms with Gasteiger partial charge in [-0.25, -0.2) is 0 Å². The molecule has 0 aliphatic rings. The highest BCUT2D eigenvalue weighted by atomic mass is 32.4. The summed E-state index contributed by atoms with van der Waals surface area (Å²) in [5, 5.41) is 13.0. The van der Waals surface area contributed by atoms with Crippen molar-refractivity contribution in [1.29, 1.82) is 0 Å². The second kappa shape index (κ2) is 7.25. The standard InChI is InChI=1S/C22H23OPS/c1-18-11-9-10-16-21(18)24(2,25)17-22(23,19-12-5-3-6-13-19)20-14-7-4-8-15-20/h3-16,23H,17H2,1-2H3. The Morgan fingerprint density at radius 1 is 0.800 bits per heavy atom. The maximum absolute atomic E-state index is 11.8. The Labute approximate surface area is 155 Å². The second-order valence-corrected chi connectivity index (χ2v) is 12.1. The lowest BCUT2D eigenvalue weighted by Crippen LogP contribution is -2.33. The number of aliphatic hydroxyl groups is 1. The average Bonchev–Trinajstić information content (AvgIpc) is 2.63. The first-order chi connectivity index (χ1) is 11.9. The van der Waals surface area contributed by atoms with Gasteiger partial charge in [-0.05, 0) is 41.6 Å². The molecule has 3 aromatic carbocycles. The van der Waals surface area contributed by atoms with E-state index in [4.69, 9.17) is 11.8 Å². The van der Waals surface area contributed by atoms with E-state index >= 15 is 0 Å². The van der Waals surface area contributed by atoms with Crippen molar-refractivity contribution in [2.45, 2.75) is 12.5 Å². The van der Waals surface area contributed by atoms with Gasteiger partial charge in [0.15, 0.2) is 0 Å². The van der Waals surface area contributed by atoms with E-state index in [1.54, 1.807) is 0 Å². The van der Waals surface area contributed by atoms with Gasteiger partial charge in [0.1, 0.15) is 5.60 Å². The van der Waals surface area contributed by atoms with Gasteiger partial charge in [-0.3, -0.25) is 0 Å². The first-order valence-corrected chi connectivity index (χ1v) is 11.8. The number of benzene rings is 3. The summed E-state index contributed by atoms with van der Waals surface area (Å²) in [6, 6.07) is 26.1. The summed E-state index contributed by atoms with van der Waals surface area (Å²) in [4.78, 5) is 0. The molecule has 0 spiro atoms. The lowest BCUT2D eigenvalue weighted by atomic mass is 9.88. The van der Waals surface area contributed by atoms with Crippen LogP contribution >= 0.6 is 6.04 Å². The van der Waals surface area contributed by atoms with Crippen LogP contribution in [-0.4, -0.2) is 17.9 Å². The van der Waals surface area contributed by atoms with Gasteiger partial charge in [0, 0.05) is 6.16 Å². The molecule has 3 aromatic rings. The van der Waals surface area contributed by atoms with Gasteiger partial charge >= 0.3 is 0 Å². The molecule has 3 heteroatoms. The minimum atomic E-state index is -1.95. The van der Waals surface area contributed by atoms with Crippen molar-refractivity contribution in [3.8, 4) is 0 Å².